The van der Waals surface area contributed by atoms with Gasteiger partial charge in [-0.3, -0.25) is 4.79 Å². The van der Waals surface area contributed by atoms with Gasteiger partial charge in [0.05, 0.1) is 17.4 Å². The van der Waals surface area contributed by atoms with Gasteiger partial charge in [-0.2, -0.15) is 18.3 Å². The van der Waals surface area contributed by atoms with Crippen LogP contribution in [0.3, 0.4) is 0 Å². The Morgan fingerprint density at radius 2 is 1.70 bits per heavy atom. The van der Waals surface area contributed by atoms with Crippen LogP contribution < -0.4 is 5.32 Å². The zero-order valence-electron chi connectivity index (χ0n) is 13.8. The lowest BCUT2D eigenvalue weighted by atomic mass is 9.87. The van der Waals surface area contributed by atoms with Gasteiger partial charge in [0, 0.05) is 17.9 Å². The van der Waals surface area contributed by atoms with Crippen LogP contribution in [0.25, 0.3) is 5.69 Å². The van der Waals surface area contributed by atoms with E-state index in [-0.39, 0.29) is 12.3 Å². The third kappa shape index (κ3) is 3.18. The number of anilines is 1. The third-order valence-corrected chi connectivity index (χ3v) is 4.53. The molecule has 2 aromatic carbocycles. The summed E-state index contributed by atoms with van der Waals surface area (Å²) in [5, 5.41) is 7.01. The predicted molar refractivity (Wildman–Crippen MR) is 90.1 cm³/mol. The molecule has 1 atom stereocenters. The van der Waals surface area contributed by atoms with Gasteiger partial charge in [0.1, 0.15) is 11.6 Å². The Morgan fingerprint density at radius 1 is 1.04 bits per heavy atom. The highest BCUT2D eigenvalue weighted by Gasteiger charge is 2.33. The molecule has 3 aromatic rings. The third-order valence-electron chi connectivity index (χ3n) is 4.53. The second-order valence-electron chi connectivity index (χ2n) is 6.26. The molecule has 1 aliphatic rings. The van der Waals surface area contributed by atoms with Gasteiger partial charge < -0.3 is 5.32 Å². The molecule has 1 N–H and O–H groups in total. The fourth-order valence-electron chi connectivity index (χ4n) is 3.20. The van der Waals surface area contributed by atoms with E-state index in [9.17, 15) is 22.4 Å². The molecular weight excluding hydrogens is 362 g/mol. The number of fused-ring (bicyclic) bond motifs is 1. The van der Waals surface area contributed by atoms with Crippen molar-refractivity contribution in [2.24, 2.45) is 0 Å². The SMILES string of the molecule is O=C1C[C@H](c2ccc(C(F)(F)F)cc2)c2cnn(-c3ccc(F)cc3)c2N1. The van der Waals surface area contributed by atoms with E-state index in [1.165, 1.54) is 41.1 Å². The second kappa shape index (κ2) is 6.22. The molecule has 0 saturated carbocycles. The first kappa shape index (κ1) is 17.3. The highest BCUT2D eigenvalue weighted by molar-refractivity contribution is 5.94. The molecule has 0 fully saturated rings. The maximum absolute atomic E-state index is 13.1. The van der Waals surface area contributed by atoms with Crippen molar-refractivity contribution in [3.05, 3.63) is 77.2 Å². The van der Waals surface area contributed by atoms with Crippen molar-refractivity contribution in [3.63, 3.8) is 0 Å². The van der Waals surface area contributed by atoms with Crippen LogP contribution in [0.5, 0.6) is 0 Å². The smallest absolute Gasteiger partial charge is 0.310 e. The van der Waals surface area contributed by atoms with Crippen molar-refractivity contribution in [1.29, 1.82) is 0 Å². The molecule has 1 aliphatic heterocycles. The van der Waals surface area contributed by atoms with Gasteiger partial charge in [-0.15, -0.1) is 0 Å². The number of benzene rings is 2. The Balaban J connectivity index is 1.74. The fraction of sp³-hybridized carbons (Fsp3) is 0.158. The molecule has 0 unspecified atom stereocenters. The largest absolute Gasteiger partial charge is 0.416 e. The number of nitrogens with one attached hydrogen (secondary N) is 1. The predicted octanol–water partition coefficient (Wildman–Crippen LogP) is 4.50. The summed E-state index contributed by atoms with van der Waals surface area (Å²) in [6, 6.07) is 10.4. The number of nitrogens with zero attached hydrogens (tertiary/aromatic N) is 2. The number of rotatable bonds is 2. The summed E-state index contributed by atoms with van der Waals surface area (Å²) in [5.74, 6) is -0.643. The lowest BCUT2D eigenvalue weighted by Crippen LogP contribution is -2.24. The number of carbonyl (C=O) groups is 1. The van der Waals surface area contributed by atoms with Crippen molar-refractivity contribution in [2.75, 3.05) is 5.32 Å². The molecule has 2 heterocycles. The average molecular weight is 375 g/mol. The molecular formula is C19H13F4N3O. The Morgan fingerprint density at radius 3 is 2.33 bits per heavy atom. The van der Waals surface area contributed by atoms with Gasteiger partial charge in [0.2, 0.25) is 5.91 Å². The summed E-state index contributed by atoms with van der Waals surface area (Å²) in [6.07, 6.45) is -2.74. The van der Waals surface area contributed by atoms with Crippen molar-refractivity contribution in [1.82, 2.24) is 9.78 Å². The minimum atomic E-state index is -4.42. The standard InChI is InChI=1S/C19H13F4N3O/c20-13-5-7-14(8-6-13)26-18-16(10-24-26)15(9-17(27)25-18)11-1-3-12(4-2-11)19(21,22)23/h1-8,10,15H,9H2,(H,25,27)/t15-/m1/s1. The van der Waals surface area contributed by atoms with Gasteiger partial charge in [0.15, 0.2) is 0 Å². The maximum Gasteiger partial charge on any atom is 0.416 e. The molecule has 4 nitrogen and oxygen atoms in total. The van der Waals surface area contributed by atoms with E-state index in [4.69, 9.17) is 0 Å². The van der Waals surface area contributed by atoms with E-state index in [0.29, 0.717) is 22.6 Å². The molecule has 138 valence electrons. The number of hydrogen-bond acceptors (Lipinski definition) is 2. The number of carbonyl (C=O) groups excluding carboxylic acids is 1. The Labute approximate surface area is 151 Å². The first-order chi connectivity index (χ1) is 12.8. The topological polar surface area (TPSA) is 46.9 Å². The van der Waals surface area contributed by atoms with Crippen LogP contribution in [0.2, 0.25) is 0 Å². The van der Waals surface area contributed by atoms with Crippen LogP contribution in [0.1, 0.15) is 29.0 Å². The van der Waals surface area contributed by atoms with Crippen LogP contribution in [0.4, 0.5) is 23.4 Å². The highest BCUT2D eigenvalue weighted by Crippen LogP contribution is 2.39. The van der Waals surface area contributed by atoms with E-state index in [2.05, 4.69) is 10.4 Å². The van der Waals surface area contributed by atoms with E-state index < -0.39 is 23.5 Å². The Hall–Kier alpha value is -3.16. The highest BCUT2D eigenvalue weighted by atomic mass is 19.4. The van der Waals surface area contributed by atoms with Crippen LogP contribution in [-0.2, 0) is 11.0 Å². The van der Waals surface area contributed by atoms with Crippen LogP contribution in [0, 0.1) is 5.82 Å². The molecule has 0 saturated heterocycles. The van der Waals surface area contributed by atoms with Gasteiger partial charge >= 0.3 is 6.18 Å². The maximum atomic E-state index is 13.1. The van der Waals surface area contributed by atoms with Crippen LogP contribution in [-0.4, -0.2) is 15.7 Å². The molecule has 1 amide bonds. The normalized spacial score (nSPS) is 16.7. The zero-order chi connectivity index (χ0) is 19.2. The number of hydrogen-bond donors (Lipinski definition) is 1. The number of alkyl halides is 3. The fourth-order valence-corrected chi connectivity index (χ4v) is 3.20. The molecule has 0 spiro atoms. The molecule has 8 heteroatoms. The molecule has 27 heavy (non-hydrogen) atoms. The lowest BCUT2D eigenvalue weighted by Gasteiger charge is -2.24. The van der Waals surface area contributed by atoms with Gasteiger partial charge in [-0.1, -0.05) is 12.1 Å². The molecule has 0 radical (unpaired) electrons. The van der Waals surface area contributed by atoms with Crippen molar-refractivity contribution in [2.45, 2.75) is 18.5 Å². The number of aromatic nitrogens is 2. The average Bonchev–Trinajstić information content (AvgIpc) is 3.05. The summed E-state index contributed by atoms with van der Waals surface area (Å²) in [7, 11) is 0. The minimum absolute atomic E-state index is 0.105. The zero-order valence-corrected chi connectivity index (χ0v) is 13.8. The van der Waals surface area contributed by atoms with E-state index in [0.717, 1.165) is 12.1 Å². The van der Waals surface area contributed by atoms with Crippen molar-refractivity contribution >= 4 is 11.7 Å². The van der Waals surface area contributed by atoms with E-state index in [1.54, 1.807) is 6.20 Å². The van der Waals surface area contributed by atoms with Crippen molar-refractivity contribution in [3.8, 4) is 5.69 Å². The molecule has 0 bridgehead atoms. The first-order valence-electron chi connectivity index (χ1n) is 8.14. The Kier molecular flexibility index (Phi) is 3.98. The van der Waals surface area contributed by atoms with Gasteiger partial charge in [0.25, 0.3) is 0 Å². The van der Waals surface area contributed by atoms with Crippen LogP contribution >= 0.6 is 0 Å². The molecule has 1 aromatic heterocycles. The molecule has 0 aliphatic carbocycles. The second-order valence-corrected chi connectivity index (χ2v) is 6.26. The monoisotopic (exact) mass is 375 g/mol. The van der Waals surface area contributed by atoms with Crippen molar-refractivity contribution < 1.29 is 22.4 Å². The van der Waals surface area contributed by atoms with E-state index >= 15 is 0 Å². The summed E-state index contributed by atoms with van der Waals surface area (Å²) >= 11 is 0. The van der Waals surface area contributed by atoms with Gasteiger partial charge in [-0.05, 0) is 42.0 Å². The summed E-state index contributed by atoms with van der Waals surface area (Å²) in [6.45, 7) is 0. The Bertz CT molecular complexity index is 991. The summed E-state index contributed by atoms with van der Waals surface area (Å²) < 4.78 is 53.0. The summed E-state index contributed by atoms with van der Waals surface area (Å²) in [5.41, 5.74) is 1.11. The quantitative estimate of drug-likeness (QED) is 0.670. The number of halogens is 4. The van der Waals surface area contributed by atoms with Crippen LogP contribution in [0.15, 0.2) is 54.7 Å². The first-order valence-corrected chi connectivity index (χ1v) is 8.14. The molecule has 4 rings (SSSR count). The summed E-state index contributed by atoms with van der Waals surface area (Å²) in [4.78, 5) is 12.2. The lowest BCUT2D eigenvalue weighted by molar-refractivity contribution is -0.137. The van der Waals surface area contributed by atoms with Gasteiger partial charge in [-0.25, -0.2) is 9.07 Å². The van der Waals surface area contributed by atoms with E-state index in [1.807, 2.05) is 0 Å². The number of amides is 1. The minimum Gasteiger partial charge on any atom is -0.310 e.